The molecule has 1 atom stereocenters. The minimum atomic E-state index is -0.921. The zero-order valence-corrected chi connectivity index (χ0v) is 37.4. The van der Waals surface area contributed by atoms with Crippen molar-refractivity contribution in [3.8, 4) is 0 Å². The van der Waals surface area contributed by atoms with Gasteiger partial charge in [-0.25, -0.2) is 4.79 Å². The number of hydrogen-bond acceptors (Lipinski definition) is 6. The molecule has 2 N–H and O–H groups in total. The van der Waals surface area contributed by atoms with Gasteiger partial charge in [-0.3, -0.25) is 19.0 Å². The maximum atomic E-state index is 14.0. The predicted molar refractivity (Wildman–Crippen MR) is 246 cm³/mol. The van der Waals surface area contributed by atoms with Crippen molar-refractivity contribution in [3.05, 3.63) is 128 Å². The van der Waals surface area contributed by atoms with Crippen LogP contribution in [0, 0.1) is 0 Å². The van der Waals surface area contributed by atoms with Crippen LogP contribution in [-0.2, 0) is 22.6 Å². The van der Waals surface area contributed by atoms with E-state index in [1.165, 1.54) is 38.5 Å². The Balaban J connectivity index is 1.08. The van der Waals surface area contributed by atoms with Crippen LogP contribution in [0.15, 0.2) is 84.9 Å². The number of halogens is 4. The molecule has 10 nitrogen and oxygen atoms in total. The van der Waals surface area contributed by atoms with E-state index in [0.717, 1.165) is 41.4 Å². The Kier molecular flexibility index (Phi) is 17.3. The van der Waals surface area contributed by atoms with Gasteiger partial charge in [-0.15, -0.1) is 0 Å². The van der Waals surface area contributed by atoms with E-state index < -0.39 is 17.9 Å². The average molecular weight is 907 g/mol. The summed E-state index contributed by atoms with van der Waals surface area (Å²) in [6.45, 7) is 3.50. The van der Waals surface area contributed by atoms with Crippen molar-refractivity contribution < 1.29 is 19.1 Å². The van der Waals surface area contributed by atoms with Crippen LogP contribution < -0.4 is 10.6 Å². The van der Waals surface area contributed by atoms with E-state index >= 15 is 0 Å². The van der Waals surface area contributed by atoms with Gasteiger partial charge >= 0.3 is 5.97 Å². The molecule has 0 aliphatic rings. The summed E-state index contributed by atoms with van der Waals surface area (Å²) >= 11 is 25.2. The number of hydrogen-bond donors (Lipinski definition) is 2. The molecule has 4 aromatic carbocycles. The van der Waals surface area contributed by atoms with Crippen LogP contribution in [-0.4, -0.2) is 56.5 Å². The number of para-hydroxylation sites is 2. The highest BCUT2D eigenvalue weighted by Gasteiger charge is 2.26. The van der Waals surface area contributed by atoms with E-state index in [2.05, 4.69) is 22.7 Å². The molecule has 0 saturated carbocycles. The number of benzene rings is 4. The van der Waals surface area contributed by atoms with E-state index in [9.17, 15) is 14.4 Å². The summed E-state index contributed by atoms with van der Waals surface area (Å²) in [5.41, 5.74) is 3.64. The molecule has 2 heterocycles. The minimum Gasteiger partial charge on any atom is -0.464 e. The first-order valence-corrected chi connectivity index (χ1v) is 22.7. The molecule has 0 spiro atoms. The largest absolute Gasteiger partial charge is 0.464 e. The van der Waals surface area contributed by atoms with Crippen LogP contribution in [0.4, 0.5) is 0 Å². The molecule has 61 heavy (non-hydrogen) atoms. The zero-order chi connectivity index (χ0) is 43.1. The van der Waals surface area contributed by atoms with E-state index in [-0.39, 0.29) is 18.2 Å². The molecular formula is C47H52Cl4N6O4. The number of carbonyl (C=O) groups excluding carboxylic acids is 3. The van der Waals surface area contributed by atoms with Crippen molar-refractivity contribution in [3.63, 3.8) is 0 Å². The van der Waals surface area contributed by atoms with Gasteiger partial charge < -0.3 is 15.4 Å². The fourth-order valence-corrected chi connectivity index (χ4v) is 8.31. The van der Waals surface area contributed by atoms with Gasteiger partial charge in [0.25, 0.3) is 11.8 Å². The number of aromatic nitrogens is 4. The fraction of sp³-hybridized carbons (Fsp3) is 0.383. The molecule has 0 bridgehead atoms. The lowest BCUT2D eigenvalue weighted by atomic mass is 10.1. The number of unbranched alkanes of at least 4 members (excludes halogenated alkanes) is 9. The average Bonchev–Trinajstić information content (AvgIpc) is 3.81. The number of amides is 2. The Morgan fingerprint density at radius 2 is 1.13 bits per heavy atom. The SMILES string of the molecule is CCCCCCCCCCCOC(=O)C(CCCCNC(=O)c1nn(Cc2ccc(Cl)cc2Cl)c2ccccc12)NC(=O)c1nn(Cc2ccc(Cl)cc2Cl)c2ccccc12. The van der Waals surface area contributed by atoms with Crippen molar-refractivity contribution in [2.45, 2.75) is 103 Å². The van der Waals surface area contributed by atoms with Gasteiger partial charge in [0.1, 0.15) is 6.04 Å². The molecule has 0 aliphatic heterocycles. The second-order valence-electron chi connectivity index (χ2n) is 15.3. The highest BCUT2D eigenvalue weighted by Crippen LogP contribution is 2.27. The summed E-state index contributed by atoms with van der Waals surface area (Å²) in [6.07, 6.45) is 11.7. The summed E-state index contributed by atoms with van der Waals surface area (Å²) in [5, 5.41) is 18.7. The molecule has 322 valence electrons. The first kappa shape index (κ1) is 45.9. The van der Waals surface area contributed by atoms with Gasteiger partial charge in [-0.05, 0) is 73.2 Å². The Morgan fingerprint density at radius 1 is 0.623 bits per heavy atom. The number of carbonyl (C=O) groups is 3. The topological polar surface area (TPSA) is 120 Å². The van der Waals surface area contributed by atoms with E-state index in [1.54, 1.807) is 33.6 Å². The van der Waals surface area contributed by atoms with Crippen molar-refractivity contribution in [2.24, 2.45) is 0 Å². The molecular weight excluding hydrogens is 854 g/mol. The number of rotatable bonds is 23. The van der Waals surface area contributed by atoms with Gasteiger partial charge in [0.15, 0.2) is 11.4 Å². The van der Waals surface area contributed by atoms with Crippen LogP contribution in [0.25, 0.3) is 21.8 Å². The quantitative estimate of drug-likeness (QED) is 0.0488. The van der Waals surface area contributed by atoms with Crippen molar-refractivity contribution >= 4 is 86.0 Å². The van der Waals surface area contributed by atoms with Crippen molar-refractivity contribution in [1.82, 2.24) is 30.2 Å². The molecule has 6 aromatic rings. The minimum absolute atomic E-state index is 0.190. The maximum absolute atomic E-state index is 14.0. The first-order valence-electron chi connectivity index (χ1n) is 21.2. The normalized spacial score (nSPS) is 11.9. The second-order valence-corrected chi connectivity index (χ2v) is 17.0. The van der Waals surface area contributed by atoms with Crippen LogP contribution in [0.5, 0.6) is 0 Å². The van der Waals surface area contributed by atoms with Crippen LogP contribution >= 0.6 is 46.4 Å². The smallest absolute Gasteiger partial charge is 0.328 e. The standard InChI is InChI=1S/C47H52Cl4N6O4/c1-2-3-4-5-6-7-8-9-16-27-61-47(60)40(53-46(59)44-37-18-11-13-21-42(37)57(55-44)31-33-23-25-35(49)29-39(33)51)19-14-15-26-52-45(58)43-36-17-10-12-20-41(36)56(54-43)30-32-22-24-34(48)28-38(32)50/h10-13,17-18,20-25,28-29,40H,2-9,14-16,19,26-27,30-31H2,1H3,(H,52,58)(H,53,59). The summed E-state index contributed by atoms with van der Waals surface area (Å²) in [5.74, 6) is -1.30. The lowest BCUT2D eigenvalue weighted by Gasteiger charge is -2.17. The summed E-state index contributed by atoms with van der Waals surface area (Å²) in [4.78, 5) is 41.0. The number of fused-ring (bicyclic) bond motifs is 2. The molecule has 1 unspecified atom stereocenters. The lowest BCUT2D eigenvalue weighted by Crippen LogP contribution is -2.42. The fourth-order valence-electron chi connectivity index (χ4n) is 7.37. The maximum Gasteiger partial charge on any atom is 0.328 e. The predicted octanol–water partition coefficient (Wildman–Crippen LogP) is 11.9. The third-order valence-electron chi connectivity index (χ3n) is 10.7. The van der Waals surface area contributed by atoms with Gasteiger partial charge in [0, 0.05) is 37.4 Å². The number of nitrogens with zero attached hydrogens (tertiary/aromatic N) is 4. The molecule has 2 amide bonds. The van der Waals surface area contributed by atoms with Crippen molar-refractivity contribution in [2.75, 3.05) is 13.2 Å². The summed E-state index contributed by atoms with van der Waals surface area (Å²) in [7, 11) is 0. The van der Waals surface area contributed by atoms with E-state index in [0.29, 0.717) is 75.5 Å². The van der Waals surface area contributed by atoms with Gasteiger partial charge in [0.05, 0.1) is 30.7 Å². The summed E-state index contributed by atoms with van der Waals surface area (Å²) < 4.78 is 9.22. The molecule has 0 fully saturated rings. The molecule has 2 aromatic heterocycles. The van der Waals surface area contributed by atoms with Crippen molar-refractivity contribution in [1.29, 1.82) is 0 Å². The molecule has 0 saturated heterocycles. The Bertz CT molecular complexity index is 2430. The van der Waals surface area contributed by atoms with Crippen LogP contribution in [0.1, 0.15) is 116 Å². The Labute approximate surface area is 377 Å². The van der Waals surface area contributed by atoms with E-state index in [4.69, 9.17) is 56.2 Å². The van der Waals surface area contributed by atoms with Gasteiger partial charge in [0.2, 0.25) is 0 Å². The zero-order valence-electron chi connectivity index (χ0n) is 34.4. The monoisotopic (exact) mass is 904 g/mol. The van der Waals surface area contributed by atoms with E-state index in [1.807, 2.05) is 60.7 Å². The molecule has 14 heteroatoms. The number of nitrogens with one attached hydrogen (secondary N) is 2. The number of esters is 1. The van der Waals surface area contributed by atoms with Gasteiger partial charge in [-0.2, -0.15) is 10.2 Å². The second kappa shape index (κ2) is 23.0. The highest BCUT2D eigenvalue weighted by atomic mass is 35.5. The first-order chi connectivity index (χ1) is 29.6. The number of ether oxygens (including phenoxy) is 1. The van der Waals surface area contributed by atoms with Gasteiger partial charge in [-0.1, -0.05) is 153 Å². The lowest BCUT2D eigenvalue weighted by molar-refractivity contribution is -0.146. The third kappa shape index (κ3) is 12.7. The third-order valence-corrected chi connectivity index (χ3v) is 11.9. The molecule has 0 aliphatic carbocycles. The molecule has 6 rings (SSSR count). The summed E-state index contributed by atoms with van der Waals surface area (Å²) in [6, 6.07) is 24.6. The Hall–Kier alpha value is -4.61. The van der Waals surface area contributed by atoms with Crippen LogP contribution in [0.3, 0.4) is 0 Å². The highest BCUT2D eigenvalue weighted by molar-refractivity contribution is 6.35. The Morgan fingerprint density at radius 3 is 1.67 bits per heavy atom. The molecule has 0 radical (unpaired) electrons. The van der Waals surface area contributed by atoms with Crippen LogP contribution in [0.2, 0.25) is 20.1 Å².